The Morgan fingerprint density at radius 3 is 2.68 bits per heavy atom. The summed E-state index contributed by atoms with van der Waals surface area (Å²) in [4.78, 5) is 31.0. The molecule has 1 aliphatic rings. The summed E-state index contributed by atoms with van der Waals surface area (Å²) < 4.78 is 5.65. The second kappa shape index (κ2) is 10.5. The molecule has 2 N–H and O–H groups in total. The number of aromatic nitrogens is 1. The van der Waals surface area contributed by atoms with Crippen LogP contribution in [0, 0.1) is 5.92 Å². The minimum atomic E-state index is -0.317. The Balaban J connectivity index is 1.53. The number of carbonyl (C=O) groups is 2. The number of carbonyl (C=O) groups excluding carboxylic acids is 2. The van der Waals surface area contributed by atoms with Crippen molar-refractivity contribution in [3.05, 3.63) is 52.8 Å². The number of benzene rings is 1. The molecule has 166 valence electrons. The van der Waals surface area contributed by atoms with Crippen molar-refractivity contribution < 1.29 is 14.3 Å². The highest BCUT2D eigenvalue weighted by atomic mass is 35.5. The van der Waals surface area contributed by atoms with E-state index in [1.807, 2.05) is 19.1 Å². The predicted octanol–water partition coefficient (Wildman–Crippen LogP) is 4.11. The molecule has 0 radical (unpaired) electrons. The molecule has 3 rings (SSSR count). The van der Waals surface area contributed by atoms with Gasteiger partial charge in [-0.2, -0.15) is 0 Å². The van der Waals surface area contributed by atoms with E-state index in [9.17, 15) is 9.59 Å². The first-order valence-corrected chi connectivity index (χ1v) is 11.0. The van der Waals surface area contributed by atoms with Crippen LogP contribution >= 0.6 is 11.6 Å². The van der Waals surface area contributed by atoms with Crippen molar-refractivity contribution in [2.45, 2.75) is 39.7 Å². The van der Waals surface area contributed by atoms with Crippen LogP contribution in [0.1, 0.15) is 44.4 Å². The molecule has 31 heavy (non-hydrogen) atoms. The molecule has 2 amide bonds. The number of halogens is 1. The number of nitrogens with one attached hydrogen (secondary N) is 2. The summed E-state index contributed by atoms with van der Waals surface area (Å²) in [6.45, 7) is 8.66. The number of ether oxygens (including phenoxy) is 1. The lowest BCUT2D eigenvalue weighted by Gasteiger charge is -2.31. The maximum atomic E-state index is 12.6. The first-order chi connectivity index (χ1) is 14.9. The van der Waals surface area contributed by atoms with Crippen molar-refractivity contribution in [2.75, 3.05) is 24.5 Å². The van der Waals surface area contributed by atoms with E-state index in [4.69, 9.17) is 16.3 Å². The van der Waals surface area contributed by atoms with Crippen molar-refractivity contribution in [1.82, 2.24) is 15.6 Å². The van der Waals surface area contributed by atoms with E-state index in [0.29, 0.717) is 29.6 Å². The fraction of sp³-hybridized carbons (Fsp3) is 0.435. The number of amides is 2. The van der Waals surface area contributed by atoms with Gasteiger partial charge in [0.15, 0.2) is 0 Å². The molecule has 1 aromatic carbocycles. The van der Waals surface area contributed by atoms with Crippen LogP contribution in [0.5, 0.6) is 5.75 Å². The first kappa shape index (κ1) is 22.9. The molecular formula is C23H29ClN4O3. The van der Waals surface area contributed by atoms with Gasteiger partial charge in [0, 0.05) is 31.4 Å². The van der Waals surface area contributed by atoms with Crippen molar-refractivity contribution in [1.29, 1.82) is 0 Å². The van der Waals surface area contributed by atoms with E-state index in [-0.39, 0.29) is 30.4 Å². The Hall–Kier alpha value is -2.80. The normalized spacial score (nSPS) is 17.5. The summed E-state index contributed by atoms with van der Waals surface area (Å²) >= 11 is 5.85. The predicted molar refractivity (Wildman–Crippen MR) is 122 cm³/mol. The van der Waals surface area contributed by atoms with E-state index in [1.54, 1.807) is 18.2 Å². The Kier molecular flexibility index (Phi) is 7.74. The molecule has 2 heterocycles. The van der Waals surface area contributed by atoms with E-state index in [1.165, 1.54) is 0 Å². The average molecular weight is 445 g/mol. The van der Waals surface area contributed by atoms with Gasteiger partial charge in [0.05, 0.1) is 18.2 Å². The van der Waals surface area contributed by atoms with Gasteiger partial charge in [0.25, 0.3) is 0 Å². The molecule has 2 atom stereocenters. The van der Waals surface area contributed by atoms with Crippen LogP contribution in [0.3, 0.4) is 0 Å². The van der Waals surface area contributed by atoms with Crippen molar-refractivity contribution in [2.24, 2.45) is 5.92 Å². The molecule has 0 spiro atoms. The number of urea groups is 1. The van der Waals surface area contributed by atoms with Crippen molar-refractivity contribution in [3.63, 3.8) is 0 Å². The summed E-state index contributed by atoms with van der Waals surface area (Å²) in [5, 5.41) is 5.92. The van der Waals surface area contributed by atoms with Crippen molar-refractivity contribution in [3.8, 4) is 5.75 Å². The molecule has 7 nitrogen and oxygen atoms in total. The van der Waals surface area contributed by atoms with Gasteiger partial charge in [-0.3, -0.25) is 4.79 Å². The topological polar surface area (TPSA) is 83.6 Å². The van der Waals surface area contributed by atoms with Gasteiger partial charge in [-0.15, -0.1) is 0 Å². The molecule has 0 saturated carbocycles. The highest BCUT2D eigenvalue weighted by Gasteiger charge is 2.35. The lowest BCUT2D eigenvalue weighted by Crippen LogP contribution is -2.38. The second-order valence-corrected chi connectivity index (χ2v) is 7.95. The molecule has 1 aliphatic heterocycles. The molecule has 0 aliphatic carbocycles. The third-order valence-electron chi connectivity index (χ3n) is 5.68. The third-order valence-corrected chi connectivity index (χ3v) is 5.89. The largest absolute Gasteiger partial charge is 0.426 e. The fourth-order valence-electron chi connectivity index (χ4n) is 3.87. The molecule has 2 unspecified atom stereocenters. The van der Waals surface area contributed by atoms with Crippen LogP contribution in [0.2, 0.25) is 5.15 Å². The number of hydrogen-bond donors (Lipinski definition) is 2. The summed E-state index contributed by atoms with van der Waals surface area (Å²) in [6, 6.07) is 11.0. The maximum absolute atomic E-state index is 12.6. The molecule has 8 heteroatoms. The van der Waals surface area contributed by atoms with Gasteiger partial charge in [0.1, 0.15) is 10.9 Å². The van der Waals surface area contributed by atoms with E-state index >= 15 is 0 Å². The molecule has 0 fully saturated rings. The first-order valence-electron chi connectivity index (χ1n) is 10.7. The number of pyridine rings is 1. The highest BCUT2D eigenvalue weighted by Crippen LogP contribution is 2.40. The number of esters is 1. The van der Waals surface area contributed by atoms with Gasteiger partial charge < -0.3 is 20.3 Å². The number of fused-ring (bicyclic) bond motifs is 1. The minimum Gasteiger partial charge on any atom is -0.426 e. The Morgan fingerprint density at radius 2 is 1.97 bits per heavy atom. The number of rotatable bonds is 8. The number of hydrogen-bond acceptors (Lipinski definition) is 5. The maximum Gasteiger partial charge on any atom is 0.315 e. The minimum absolute atomic E-state index is 0.0162. The van der Waals surface area contributed by atoms with Crippen LogP contribution < -0.4 is 20.3 Å². The summed E-state index contributed by atoms with van der Waals surface area (Å²) in [5.74, 6) is 0.101. The molecule has 0 saturated heterocycles. The summed E-state index contributed by atoms with van der Waals surface area (Å²) in [7, 11) is 0. The lowest BCUT2D eigenvalue weighted by atomic mass is 9.83. The molecule has 0 bridgehead atoms. The van der Waals surface area contributed by atoms with Gasteiger partial charge in [0.2, 0.25) is 0 Å². The Bertz CT molecular complexity index is 933. The zero-order valence-electron chi connectivity index (χ0n) is 18.2. The third kappa shape index (κ3) is 5.67. The van der Waals surface area contributed by atoms with E-state index in [2.05, 4.69) is 40.4 Å². The van der Waals surface area contributed by atoms with Gasteiger partial charge >= 0.3 is 12.0 Å². The summed E-state index contributed by atoms with van der Waals surface area (Å²) in [6.07, 6.45) is 0.500. The van der Waals surface area contributed by atoms with Crippen LogP contribution in [0.15, 0.2) is 36.4 Å². The quantitative estimate of drug-likeness (QED) is 0.363. The Morgan fingerprint density at radius 1 is 1.19 bits per heavy atom. The zero-order valence-corrected chi connectivity index (χ0v) is 18.9. The zero-order chi connectivity index (χ0) is 22.4. The van der Waals surface area contributed by atoms with Crippen molar-refractivity contribution >= 4 is 29.3 Å². The standard InChI is InChI=1S/C23H29ClN4O3/c1-4-28(5-2)17-9-10-18-15(3)19(22(29)31-20(18)13-17)11-12-25-23(30)26-14-16-7-6-8-21(24)27-16/h6-10,13,15,19H,4-5,11-12,14H2,1-3H3,(H2,25,26,30). The van der Waals surface area contributed by atoms with Crippen LogP contribution in [0.4, 0.5) is 10.5 Å². The van der Waals surface area contributed by atoms with Gasteiger partial charge in [-0.05, 0) is 49.9 Å². The number of nitrogens with zero attached hydrogens (tertiary/aromatic N) is 2. The van der Waals surface area contributed by atoms with Gasteiger partial charge in [-0.1, -0.05) is 30.7 Å². The summed E-state index contributed by atoms with van der Waals surface area (Å²) in [5.41, 5.74) is 2.75. The number of anilines is 1. The molecular weight excluding hydrogens is 416 g/mol. The SMILES string of the molecule is CCN(CC)c1ccc2c(c1)OC(=O)C(CCNC(=O)NCc1cccc(Cl)n1)C2C. The van der Waals surface area contributed by atoms with Gasteiger partial charge in [-0.25, -0.2) is 9.78 Å². The van der Waals surface area contributed by atoms with Crippen LogP contribution in [-0.4, -0.2) is 36.6 Å². The van der Waals surface area contributed by atoms with Crippen LogP contribution in [0.25, 0.3) is 0 Å². The van der Waals surface area contributed by atoms with E-state index < -0.39 is 0 Å². The van der Waals surface area contributed by atoms with Crippen LogP contribution in [-0.2, 0) is 11.3 Å². The second-order valence-electron chi connectivity index (χ2n) is 7.56. The Labute approximate surface area is 188 Å². The monoisotopic (exact) mass is 444 g/mol. The van der Waals surface area contributed by atoms with E-state index in [0.717, 1.165) is 24.3 Å². The highest BCUT2D eigenvalue weighted by molar-refractivity contribution is 6.29. The lowest BCUT2D eigenvalue weighted by molar-refractivity contribution is -0.141. The average Bonchev–Trinajstić information content (AvgIpc) is 2.75. The smallest absolute Gasteiger partial charge is 0.315 e. The molecule has 1 aromatic heterocycles. The molecule has 2 aromatic rings. The fourth-order valence-corrected chi connectivity index (χ4v) is 4.05.